The molecule has 2 N–H and O–H groups in total. The molecule has 0 spiro atoms. The van der Waals surface area contributed by atoms with Crippen LogP contribution in [0, 0.1) is 0 Å². The number of halogens is 3. The number of fused-ring (bicyclic) bond motifs is 1. The van der Waals surface area contributed by atoms with E-state index >= 15 is 0 Å². The summed E-state index contributed by atoms with van der Waals surface area (Å²) in [7, 11) is 0. The summed E-state index contributed by atoms with van der Waals surface area (Å²) in [5, 5.41) is 3.54. The molecule has 1 aliphatic heterocycles. The molecule has 0 bridgehead atoms. The van der Waals surface area contributed by atoms with Crippen LogP contribution in [-0.2, 0) is 6.18 Å². The minimum absolute atomic E-state index is 0.276. The second-order valence-corrected chi connectivity index (χ2v) is 5.18. The highest BCUT2D eigenvalue weighted by atomic mass is 19.4. The first-order chi connectivity index (χ1) is 9.32. The molecule has 0 aliphatic carbocycles. The maximum atomic E-state index is 12.7. The van der Waals surface area contributed by atoms with Crippen LogP contribution in [0.2, 0.25) is 0 Å². The molecular formula is C12H14F3N5. The Kier molecular flexibility index (Phi) is 2.69. The second-order valence-electron chi connectivity index (χ2n) is 5.18. The van der Waals surface area contributed by atoms with E-state index in [0.717, 1.165) is 12.5 Å². The molecule has 2 aromatic rings. The summed E-state index contributed by atoms with van der Waals surface area (Å²) in [4.78, 5) is 6.04. The molecule has 3 heterocycles. The lowest BCUT2D eigenvalue weighted by Gasteiger charge is -2.48. The van der Waals surface area contributed by atoms with E-state index in [1.165, 1.54) is 16.9 Å². The zero-order valence-electron chi connectivity index (χ0n) is 10.9. The van der Waals surface area contributed by atoms with Crippen LogP contribution in [0.5, 0.6) is 0 Å². The van der Waals surface area contributed by atoms with Crippen LogP contribution in [0.4, 0.5) is 19.0 Å². The highest BCUT2D eigenvalue weighted by molar-refractivity contribution is 5.70. The quantitative estimate of drug-likeness (QED) is 0.912. The van der Waals surface area contributed by atoms with Gasteiger partial charge in [-0.05, 0) is 6.42 Å². The zero-order chi connectivity index (χ0) is 14.5. The molecule has 5 nitrogen and oxygen atoms in total. The molecule has 3 rings (SSSR count). The Bertz CT molecular complexity index is 642. The Balaban J connectivity index is 1.99. The number of aromatic nitrogens is 3. The third-order valence-electron chi connectivity index (χ3n) is 3.68. The van der Waals surface area contributed by atoms with Crippen molar-refractivity contribution < 1.29 is 13.2 Å². The maximum absolute atomic E-state index is 12.7. The topological polar surface area (TPSA) is 59.5 Å². The van der Waals surface area contributed by atoms with Gasteiger partial charge in [-0.3, -0.25) is 0 Å². The molecule has 0 saturated carbocycles. The summed E-state index contributed by atoms with van der Waals surface area (Å²) in [6.45, 7) is 3.16. The minimum atomic E-state index is -4.46. The lowest BCUT2D eigenvalue weighted by atomic mass is 9.88. The normalized spacial score (nSPS) is 18.4. The highest BCUT2D eigenvalue weighted by Gasteiger charge is 2.40. The average Bonchev–Trinajstić information content (AvgIpc) is 2.78. The van der Waals surface area contributed by atoms with Crippen LogP contribution in [0.3, 0.4) is 0 Å². The van der Waals surface area contributed by atoms with Crippen molar-refractivity contribution in [1.29, 1.82) is 0 Å². The molecule has 108 valence electrons. The lowest BCUT2D eigenvalue weighted by molar-refractivity contribution is -0.141. The van der Waals surface area contributed by atoms with Crippen LogP contribution in [0.25, 0.3) is 5.52 Å². The molecular weight excluding hydrogens is 271 g/mol. The van der Waals surface area contributed by atoms with E-state index in [2.05, 4.69) is 10.1 Å². The van der Waals surface area contributed by atoms with Crippen molar-refractivity contribution in [1.82, 2.24) is 14.6 Å². The number of nitrogens with two attached hydrogens (primary N) is 1. The van der Waals surface area contributed by atoms with Gasteiger partial charge >= 0.3 is 6.18 Å². The molecule has 0 amide bonds. The first kappa shape index (κ1) is 13.2. The number of anilines is 1. The van der Waals surface area contributed by atoms with Crippen molar-refractivity contribution in [2.75, 3.05) is 18.0 Å². The average molecular weight is 285 g/mol. The fraction of sp³-hybridized carbons (Fsp3) is 0.500. The molecule has 0 aromatic carbocycles. The Morgan fingerprint density at radius 1 is 1.40 bits per heavy atom. The molecule has 0 atom stereocenters. The largest absolute Gasteiger partial charge is 0.435 e. The van der Waals surface area contributed by atoms with Gasteiger partial charge in [0.1, 0.15) is 5.52 Å². The van der Waals surface area contributed by atoms with E-state index in [4.69, 9.17) is 5.73 Å². The first-order valence-corrected chi connectivity index (χ1v) is 6.28. The molecule has 1 saturated heterocycles. The van der Waals surface area contributed by atoms with Gasteiger partial charge in [-0.25, -0.2) is 9.50 Å². The fourth-order valence-corrected chi connectivity index (χ4v) is 2.38. The molecule has 2 aromatic heterocycles. The fourth-order valence-electron chi connectivity index (χ4n) is 2.38. The second kappa shape index (κ2) is 4.08. The summed E-state index contributed by atoms with van der Waals surface area (Å²) in [5.41, 5.74) is 5.23. The van der Waals surface area contributed by atoms with Gasteiger partial charge in [0.2, 0.25) is 0 Å². The van der Waals surface area contributed by atoms with Gasteiger partial charge in [0.05, 0.1) is 5.54 Å². The SMILES string of the molecule is CCC1(N)CN(c2nccn3nc(C(F)(F)F)cc23)C1. The molecule has 1 fully saturated rings. The van der Waals surface area contributed by atoms with Gasteiger partial charge in [-0.15, -0.1) is 0 Å². The minimum Gasteiger partial charge on any atom is -0.351 e. The van der Waals surface area contributed by atoms with E-state index < -0.39 is 11.9 Å². The Morgan fingerprint density at radius 3 is 2.70 bits per heavy atom. The van der Waals surface area contributed by atoms with Gasteiger partial charge < -0.3 is 10.6 Å². The summed E-state index contributed by atoms with van der Waals surface area (Å²) in [5.74, 6) is 0.491. The van der Waals surface area contributed by atoms with Crippen molar-refractivity contribution in [3.8, 4) is 0 Å². The van der Waals surface area contributed by atoms with Crippen LogP contribution >= 0.6 is 0 Å². The van der Waals surface area contributed by atoms with Crippen LogP contribution in [-0.4, -0.2) is 33.2 Å². The predicted octanol–water partition coefficient (Wildman–Crippen LogP) is 1.68. The third-order valence-corrected chi connectivity index (χ3v) is 3.68. The number of hydrogen-bond acceptors (Lipinski definition) is 4. The van der Waals surface area contributed by atoms with Gasteiger partial charge in [0.15, 0.2) is 11.5 Å². The molecule has 1 aliphatic rings. The third kappa shape index (κ3) is 2.00. The van der Waals surface area contributed by atoms with Crippen LogP contribution < -0.4 is 10.6 Å². The van der Waals surface area contributed by atoms with Crippen molar-refractivity contribution >= 4 is 11.3 Å². The van der Waals surface area contributed by atoms with Crippen molar-refractivity contribution in [3.63, 3.8) is 0 Å². The number of hydrogen-bond donors (Lipinski definition) is 1. The molecule has 0 radical (unpaired) electrons. The van der Waals surface area contributed by atoms with Crippen LogP contribution in [0.15, 0.2) is 18.5 Å². The van der Waals surface area contributed by atoms with E-state index in [1.807, 2.05) is 11.8 Å². The van der Waals surface area contributed by atoms with Crippen molar-refractivity contribution in [2.24, 2.45) is 5.73 Å². The summed E-state index contributed by atoms with van der Waals surface area (Å²) in [6.07, 6.45) is -0.791. The molecule has 0 unspecified atom stereocenters. The summed E-state index contributed by atoms with van der Waals surface area (Å²) < 4.78 is 39.3. The van der Waals surface area contributed by atoms with Gasteiger partial charge in [0.25, 0.3) is 0 Å². The zero-order valence-corrected chi connectivity index (χ0v) is 10.9. The predicted molar refractivity (Wildman–Crippen MR) is 67.4 cm³/mol. The lowest BCUT2D eigenvalue weighted by Crippen LogP contribution is -2.67. The van der Waals surface area contributed by atoms with Gasteiger partial charge in [-0.1, -0.05) is 6.92 Å². The summed E-state index contributed by atoms with van der Waals surface area (Å²) in [6, 6.07) is 1.02. The molecule has 8 heteroatoms. The van der Waals surface area contributed by atoms with E-state index in [1.54, 1.807) is 0 Å². The van der Waals surface area contributed by atoms with Gasteiger partial charge in [0, 0.05) is 31.5 Å². The Labute approximate surface area is 113 Å². The standard InChI is InChI=1S/C12H14F3N5/c1-2-11(16)6-19(7-11)10-8-5-9(12(13,14)15)18-20(8)4-3-17-10/h3-5H,2,6-7,16H2,1H3. The van der Waals surface area contributed by atoms with Crippen molar-refractivity contribution in [2.45, 2.75) is 25.1 Å². The first-order valence-electron chi connectivity index (χ1n) is 6.28. The van der Waals surface area contributed by atoms with E-state index in [0.29, 0.717) is 24.4 Å². The molecule has 20 heavy (non-hydrogen) atoms. The van der Waals surface area contributed by atoms with Crippen molar-refractivity contribution in [3.05, 3.63) is 24.2 Å². The maximum Gasteiger partial charge on any atom is 0.435 e. The Hall–Kier alpha value is -1.83. The highest BCUT2D eigenvalue weighted by Crippen LogP contribution is 2.33. The Morgan fingerprint density at radius 2 is 2.10 bits per heavy atom. The van der Waals surface area contributed by atoms with Crippen LogP contribution in [0.1, 0.15) is 19.0 Å². The van der Waals surface area contributed by atoms with E-state index in [9.17, 15) is 13.2 Å². The summed E-state index contributed by atoms with van der Waals surface area (Å²) >= 11 is 0. The van der Waals surface area contributed by atoms with Gasteiger partial charge in [-0.2, -0.15) is 18.3 Å². The number of alkyl halides is 3. The number of nitrogens with zero attached hydrogens (tertiary/aromatic N) is 4. The smallest absolute Gasteiger partial charge is 0.351 e. The van der Waals surface area contributed by atoms with E-state index in [-0.39, 0.29) is 5.54 Å². The monoisotopic (exact) mass is 285 g/mol. The number of rotatable bonds is 2.